The van der Waals surface area contributed by atoms with E-state index in [4.69, 9.17) is 5.26 Å². The van der Waals surface area contributed by atoms with Gasteiger partial charge in [-0.2, -0.15) is 15.5 Å². The molecule has 0 spiro atoms. The fourth-order valence-corrected chi connectivity index (χ4v) is 3.41. The lowest BCUT2D eigenvalue weighted by Gasteiger charge is -2.11. The van der Waals surface area contributed by atoms with Crippen LogP contribution in [0.1, 0.15) is 5.56 Å². The van der Waals surface area contributed by atoms with Crippen LogP contribution in [0.2, 0.25) is 0 Å². The SMILES string of the molecule is N#Cc1cccc(-n2ccc(=O)c(-c3ccnn3-c3cccc4cnccc34)n2)c1. The molecular formula is C23H14N6O. The Morgan fingerprint density at radius 3 is 2.77 bits per heavy atom. The van der Waals surface area contributed by atoms with Crippen LogP contribution in [0.15, 0.2) is 90.2 Å². The predicted octanol–water partition coefficient (Wildman–Crippen LogP) is 3.51. The summed E-state index contributed by atoms with van der Waals surface area (Å²) in [5.41, 5.74) is 2.67. The van der Waals surface area contributed by atoms with Gasteiger partial charge in [0.2, 0.25) is 5.43 Å². The summed E-state index contributed by atoms with van der Waals surface area (Å²) in [5.74, 6) is 0. The first-order valence-corrected chi connectivity index (χ1v) is 9.23. The number of fused-ring (bicyclic) bond motifs is 1. The largest absolute Gasteiger partial charge is 0.287 e. The number of pyridine rings is 1. The maximum atomic E-state index is 12.7. The standard InChI is InChI=1S/C23H14N6O/c24-14-16-3-1-5-18(13-16)28-12-9-22(30)23(27-28)21-8-11-26-29(21)20-6-2-4-17-15-25-10-7-19(17)20/h1-13,15H. The molecule has 0 fully saturated rings. The molecule has 7 heteroatoms. The van der Waals surface area contributed by atoms with Crippen LogP contribution in [-0.4, -0.2) is 24.5 Å². The second-order valence-corrected chi connectivity index (χ2v) is 6.64. The number of aromatic nitrogens is 5. The number of hydrogen-bond donors (Lipinski definition) is 0. The molecular weight excluding hydrogens is 376 g/mol. The molecule has 0 radical (unpaired) electrons. The van der Waals surface area contributed by atoms with Crippen LogP contribution in [0.3, 0.4) is 0 Å². The van der Waals surface area contributed by atoms with Crippen molar-refractivity contribution in [2.24, 2.45) is 0 Å². The smallest absolute Gasteiger partial charge is 0.209 e. The third-order valence-corrected chi connectivity index (χ3v) is 4.82. The van der Waals surface area contributed by atoms with Gasteiger partial charge in [0.05, 0.1) is 34.9 Å². The van der Waals surface area contributed by atoms with Crippen molar-refractivity contribution < 1.29 is 0 Å². The third-order valence-electron chi connectivity index (χ3n) is 4.82. The minimum absolute atomic E-state index is 0.216. The maximum absolute atomic E-state index is 12.7. The quantitative estimate of drug-likeness (QED) is 0.470. The van der Waals surface area contributed by atoms with Crippen molar-refractivity contribution in [2.45, 2.75) is 0 Å². The van der Waals surface area contributed by atoms with Crippen molar-refractivity contribution in [3.8, 4) is 28.8 Å². The van der Waals surface area contributed by atoms with Gasteiger partial charge in [0, 0.05) is 35.4 Å². The zero-order valence-electron chi connectivity index (χ0n) is 15.7. The maximum Gasteiger partial charge on any atom is 0.209 e. The number of nitriles is 1. The molecule has 142 valence electrons. The first-order chi connectivity index (χ1) is 14.7. The van der Waals surface area contributed by atoms with Gasteiger partial charge < -0.3 is 0 Å². The molecule has 3 heterocycles. The zero-order chi connectivity index (χ0) is 20.5. The Kier molecular flexibility index (Phi) is 4.15. The Morgan fingerprint density at radius 1 is 0.967 bits per heavy atom. The molecule has 0 saturated heterocycles. The van der Waals surface area contributed by atoms with Gasteiger partial charge in [-0.25, -0.2) is 9.36 Å². The van der Waals surface area contributed by atoms with Crippen LogP contribution in [0, 0.1) is 11.3 Å². The summed E-state index contributed by atoms with van der Waals surface area (Å²) >= 11 is 0. The van der Waals surface area contributed by atoms with Crippen molar-refractivity contribution >= 4 is 10.8 Å². The zero-order valence-corrected chi connectivity index (χ0v) is 15.7. The van der Waals surface area contributed by atoms with Crippen molar-refractivity contribution in [3.05, 3.63) is 101 Å². The number of benzene rings is 2. The monoisotopic (exact) mass is 390 g/mol. The van der Waals surface area contributed by atoms with Crippen molar-refractivity contribution in [1.29, 1.82) is 5.26 Å². The molecule has 0 saturated carbocycles. The highest BCUT2D eigenvalue weighted by Crippen LogP contribution is 2.25. The lowest BCUT2D eigenvalue weighted by molar-refractivity contribution is 0.824. The van der Waals surface area contributed by atoms with Crippen molar-refractivity contribution in [2.75, 3.05) is 0 Å². The summed E-state index contributed by atoms with van der Waals surface area (Å²) in [6, 6.07) is 20.2. The average molecular weight is 390 g/mol. The molecule has 2 aromatic carbocycles. The van der Waals surface area contributed by atoms with E-state index in [1.54, 1.807) is 58.4 Å². The van der Waals surface area contributed by atoms with Gasteiger partial charge in [-0.1, -0.05) is 18.2 Å². The van der Waals surface area contributed by atoms with Crippen LogP contribution < -0.4 is 5.43 Å². The molecule has 0 N–H and O–H groups in total. The van der Waals surface area contributed by atoms with Gasteiger partial charge in [-0.3, -0.25) is 9.78 Å². The van der Waals surface area contributed by atoms with Crippen LogP contribution in [0.5, 0.6) is 0 Å². The Hall–Kier alpha value is -4.57. The highest BCUT2D eigenvalue weighted by molar-refractivity contribution is 5.89. The summed E-state index contributed by atoms with van der Waals surface area (Å²) in [7, 11) is 0. The second-order valence-electron chi connectivity index (χ2n) is 6.64. The highest BCUT2D eigenvalue weighted by atomic mass is 16.1. The van der Waals surface area contributed by atoms with E-state index in [1.807, 2.05) is 30.3 Å². The van der Waals surface area contributed by atoms with E-state index in [2.05, 4.69) is 21.3 Å². The first kappa shape index (κ1) is 17.5. The van der Waals surface area contributed by atoms with Crippen LogP contribution in [0.4, 0.5) is 0 Å². The Morgan fingerprint density at radius 2 is 1.87 bits per heavy atom. The fourth-order valence-electron chi connectivity index (χ4n) is 3.41. The molecule has 30 heavy (non-hydrogen) atoms. The molecule has 0 unspecified atom stereocenters. The molecule has 0 aliphatic heterocycles. The van der Waals surface area contributed by atoms with Gasteiger partial charge in [0.25, 0.3) is 0 Å². The highest BCUT2D eigenvalue weighted by Gasteiger charge is 2.15. The van der Waals surface area contributed by atoms with Gasteiger partial charge in [-0.15, -0.1) is 0 Å². The summed E-state index contributed by atoms with van der Waals surface area (Å²) < 4.78 is 3.30. The molecule has 7 nitrogen and oxygen atoms in total. The van der Waals surface area contributed by atoms with Gasteiger partial charge >= 0.3 is 0 Å². The van der Waals surface area contributed by atoms with E-state index in [0.717, 1.165) is 16.5 Å². The van der Waals surface area contributed by atoms with Crippen molar-refractivity contribution in [3.63, 3.8) is 0 Å². The summed E-state index contributed by atoms with van der Waals surface area (Å²) in [5, 5.41) is 20.1. The molecule has 0 aliphatic carbocycles. The van der Waals surface area contributed by atoms with Crippen LogP contribution in [0.25, 0.3) is 33.5 Å². The normalized spacial score (nSPS) is 10.8. The first-order valence-electron chi connectivity index (χ1n) is 9.23. The predicted molar refractivity (Wildman–Crippen MR) is 112 cm³/mol. The molecule has 3 aromatic heterocycles. The Labute approximate surface area is 171 Å². The van der Waals surface area contributed by atoms with Crippen molar-refractivity contribution in [1.82, 2.24) is 24.5 Å². The molecule has 0 aliphatic rings. The molecule has 0 bridgehead atoms. The van der Waals surface area contributed by atoms with Gasteiger partial charge in [-0.05, 0) is 36.4 Å². The number of nitrogens with zero attached hydrogens (tertiary/aromatic N) is 6. The summed E-state index contributed by atoms with van der Waals surface area (Å²) in [6.45, 7) is 0. The summed E-state index contributed by atoms with van der Waals surface area (Å²) in [4.78, 5) is 16.9. The minimum Gasteiger partial charge on any atom is -0.287 e. The fraction of sp³-hybridized carbons (Fsp3) is 0. The lowest BCUT2D eigenvalue weighted by Crippen LogP contribution is -2.15. The van der Waals surface area contributed by atoms with Crippen LogP contribution in [-0.2, 0) is 0 Å². The summed E-state index contributed by atoms with van der Waals surface area (Å²) in [6.07, 6.45) is 6.75. The molecule has 5 rings (SSSR count). The number of rotatable bonds is 3. The Bertz CT molecular complexity index is 1490. The second kappa shape index (κ2) is 7.11. The topological polar surface area (TPSA) is 89.4 Å². The molecule has 0 atom stereocenters. The third kappa shape index (κ3) is 2.93. The van der Waals surface area contributed by atoms with E-state index >= 15 is 0 Å². The lowest BCUT2D eigenvalue weighted by atomic mass is 10.1. The van der Waals surface area contributed by atoms with E-state index in [9.17, 15) is 4.79 Å². The number of hydrogen-bond acceptors (Lipinski definition) is 5. The minimum atomic E-state index is -0.216. The van der Waals surface area contributed by atoms with Crippen LogP contribution >= 0.6 is 0 Å². The average Bonchev–Trinajstić information content (AvgIpc) is 3.28. The molecule has 0 amide bonds. The van der Waals surface area contributed by atoms with E-state index in [1.165, 1.54) is 6.07 Å². The molecule has 5 aromatic rings. The van der Waals surface area contributed by atoms with E-state index in [-0.39, 0.29) is 11.1 Å². The Balaban J connectivity index is 1.69. The van der Waals surface area contributed by atoms with Gasteiger partial charge in [0.15, 0.2) is 5.69 Å². The van der Waals surface area contributed by atoms with E-state index < -0.39 is 0 Å². The van der Waals surface area contributed by atoms with Gasteiger partial charge in [0.1, 0.15) is 0 Å². The van der Waals surface area contributed by atoms with E-state index in [0.29, 0.717) is 16.9 Å².